The molecule has 0 aliphatic heterocycles. The molecule has 0 unspecified atom stereocenters. The molecule has 0 atom stereocenters. The Kier molecular flexibility index (Phi) is 6.22. The van der Waals surface area contributed by atoms with Crippen molar-refractivity contribution in [3.63, 3.8) is 0 Å². The summed E-state index contributed by atoms with van der Waals surface area (Å²) in [7, 11) is 0. The van der Waals surface area contributed by atoms with E-state index in [-0.39, 0.29) is 17.9 Å². The summed E-state index contributed by atoms with van der Waals surface area (Å²) in [6.07, 6.45) is 0. The number of hydrogen-bond donors (Lipinski definition) is 1. The molecule has 0 fully saturated rings. The van der Waals surface area contributed by atoms with Crippen molar-refractivity contribution in [2.24, 2.45) is 0 Å². The summed E-state index contributed by atoms with van der Waals surface area (Å²) < 4.78 is 0. The van der Waals surface area contributed by atoms with Gasteiger partial charge in [-0.15, -0.1) is 0 Å². The number of benzene rings is 3. The molecule has 1 N–H and O–H groups in total. The number of anilines is 1. The van der Waals surface area contributed by atoms with Gasteiger partial charge in [0.15, 0.2) is 0 Å². The van der Waals surface area contributed by atoms with Gasteiger partial charge in [-0.1, -0.05) is 48.5 Å². The molecule has 0 spiro atoms. The quantitative estimate of drug-likeness (QED) is 0.663. The molecule has 2 amide bonds. The van der Waals surface area contributed by atoms with Crippen LogP contribution in [0.15, 0.2) is 84.9 Å². The van der Waals surface area contributed by atoms with E-state index in [2.05, 4.69) is 5.32 Å². The number of hydrogen-bond acceptors (Lipinski definition) is 2. The standard InChI is InChI=1S/C24H24N2O2/c1-18(2)26(17-19-9-5-3-6-10-19)24(28)21-15-13-20(14-16-21)23(27)25-22-11-7-4-8-12-22/h3-16,18H,17H2,1-2H3,(H,25,27). The number of carbonyl (C=O) groups excluding carboxylic acids is 2. The molecule has 0 aliphatic carbocycles. The lowest BCUT2D eigenvalue weighted by molar-refractivity contribution is 0.0690. The minimum absolute atomic E-state index is 0.0473. The molecular formula is C24H24N2O2. The maximum absolute atomic E-state index is 13.0. The highest BCUT2D eigenvalue weighted by molar-refractivity contribution is 6.05. The van der Waals surface area contributed by atoms with Gasteiger partial charge >= 0.3 is 0 Å². The normalized spacial score (nSPS) is 10.5. The first-order valence-electron chi connectivity index (χ1n) is 9.36. The maximum atomic E-state index is 13.0. The molecule has 0 aromatic heterocycles. The fraction of sp³-hybridized carbons (Fsp3) is 0.167. The van der Waals surface area contributed by atoms with Crippen LogP contribution in [0.2, 0.25) is 0 Å². The average molecular weight is 372 g/mol. The van der Waals surface area contributed by atoms with Crippen LogP contribution in [-0.2, 0) is 6.54 Å². The van der Waals surface area contributed by atoms with Crippen molar-refractivity contribution in [3.8, 4) is 0 Å². The fourth-order valence-electron chi connectivity index (χ4n) is 2.92. The van der Waals surface area contributed by atoms with E-state index in [9.17, 15) is 9.59 Å². The maximum Gasteiger partial charge on any atom is 0.255 e. The zero-order chi connectivity index (χ0) is 19.9. The van der Waals surface area contributed by atoms with Crippen LogP contribution in [-0.4, -0.2) is 22.8 Å². The van der Waals surface area contributed by atoms with E-state index in [0.717, 1.165) is 11.3 Å². The van der Waals surface area contributed by atoms with E-state index in [0.29, 0.717) is 17.7 Å². The molecule has 0 saturated carbocycles. The van der Waals surface area contributed by atoms with Crippen LogP contribution in [0.4, 0.5) is 5.69 Å². The van der Waals surface area contributed by atoms with Gasteiger partial charge < -0.3 is 10.2 Å². The van der Waals surface area contributed by atoms with Gasteiger partial charge in [-0.05, 0) is 55.8 Å². The third kappa shape index (κ3) is 4.86. The molecule has 3 aromatic rings. The van der Waals surface area contributed by atoms with Crippen molar-refractivity contribution in [2.45, 2.75) is 26.4 Å². The van der Waals surface area contributed by atoms with Crippen LogP contribution in [0.25, 0.3) is 0 Å². The first-order valence-corrected chi connectivity index (χ1v) is 9.36. The van der Waals surface area contributed by atoms with Gasteiger partial charge in [0.2, 0.25) is 0 Å². The fourth-order valence-corrected chi connectivity index (χ4v) is 2.92. The van der Waals surface area contributed by atoms with Gasteiger partial charge in [0.05, 0.1) is 0 Å². The number of rotatable bonds is 6. The second kappa shape index (κ2) is 9.00. The van der Waals surface area contributed by atoms with E-state index in [1.807, 2.05) is 79.4 Å². The Balaban J connectivity index is 1.72. The Labute approximate surface area is 165 Å². The molecule has 0 radical (unpaired) electrons. The molecule has 4 heteroatoms. The van der Waals surface area contributed by atoms with Gasteiger partial charge in [0, 0.05) is 29.4 Å². The zero-order valence-corrected chi connectivity index (χ0v) is 16.1. The second-order valence-corrected chi connectivity index (χ2v) is 6.91. The molecule has 0 aliphatic rings. The first kappa shape index (κ1) is 19.4. The SMILES string of the molecule is CC(C)N(Cc1ccccc1)C(=O)c1ccc(C(=O)Nc2ccccc2)cc1. The predicted molar refractivity (Wildman–Crippen MR) is 112 cm³/mol. The summed E-state index contributed by atoms with van der Waals surface area (Å²) >= 11 is 0. The van der Waals surface area contributed by atoms with Crippen molar-refractivity contribution in [1.82, 2.24) is 4.90 Å². The number of nitrogens with one attached hydrogen (secondary N) is 1. The topological polar surface area (TPSA) is 49.4 Å². The smallest absolute Gasteiger partial charge is 0.255 e. The molecule has 28 heavy (non-hydrogen) atoms. The van der Waals surface area contributed by atoms with E-state index >= 15 is 0 Å². The molecule has 0 heterocycles. The van der Waals surface area contributed by atoms with Crippen molar-refractivity contribution >= 4 is 17.5 Å². The summed E-state index contributed by atoms with van der Waals surface area (Å²) in [5, 5.41) is 2.85. The average Bonchev–Trinajstić information content (AvgIpc) is 2.73. The van der Waals surface area contributed by atoms with Crippen molar-refractivity contribution < 1.29 is 9.59 Å². The van der Waals surface area contributed by atoms with Gasteiger partial charge in [0.1, 0.15) is 0 Å². The van der Waals surface area contributed by atoms with Crippen LogP contribution in [0.3, 0.4) is 0 Å². The Morgan fingerprint density at radius 2 is 1.32 bits per heavy atom. The van der Waals surface area contributed by atoms with Crippen molar-refractivity contribution in [3.05, 3.63) is 102 Å². The van der Waals surface area contributed by atoms with Gasteiger partial charge in [-0.3, -0.25) is 9.59 Å². The minimum Gasteiger partial charge on any atom is -0.332 e. The van der Waals surface area contributed by atoms with E-state index in [1.165, 1.54) is 0 Å². The van der Waals surface area contributed by atoms with E-state index in [4.69, 9.17) is 0 Å². The second-order valence-electron chi connectivity index (χ2n) is 6.91. The lowest BCUT2D eigenvalue weighted by atomic mass is 10.1. The molecule has 3 aromatic carbocycles. The number of para-hydroxylation sites is 1. The molecule has 3 rings (SSSR count). The van der Waals surface area contributed by atoms with Crippen LogP contribution in [0.5, 0.6) is 0 Å². The van der Waals surface area contributed by atoms with Crippen LogP contribution in [0.1, 0.15) is 40.1 Å². The molecule has 0 bridgehead atoms. The predicted octanol–water partition coefficient (Wildman–Crippen LogP) is 4.99. The summed E-state index contributed by atoms with van der Waals surface area (Å²) in [6.45, 7) is 4.55. The van der Waals surface area contributed by atoms with Crippen molar-refractivity contribution in [1.29, 1.82) is 0 Å². The number of nitrogens with zero attached hydrogens (tertiary/aromatic N) is 1. The Morgan fingerprint density at radius 1 is 0.786 bits per heavy atom. The monoisotopic (exact) mass is 372 g/mol. The highest BCUT2D eigenvalue weighted by atomic mass is 16.2. The zero-order valence-electron chi connectivity index (χ0n) is 16.1. The minimum atomic E-state index is -0.199. The van der Waals surface area contributed by atoms with E-state index < -0.39 is 0 Å². The highest BCUT2D eigenvalue weighted by Gasteiger charge is 2.19. The van der Waals surface area contributed by atoms with Crippen LogP contribution in [0, 0.1) is 0 Å². The van der Waals surface area contributed by atoms with Gasteiger partial charge in [-0.2, -0.15) is 0 Å². The Bertz CT molecular complexity index is 920. The van der Waals surface area contributed by atoms with Crippen LogP contribution >= 0.6 is 0 Å². The van der Waals surface area contributed by atoms with Gasteiger partial charge in [-0.25, -0.2) is 0 Å². The molecule has 142 valence electrons. The number of amides is 2. The van der Waals surface area contributed by atoms with Crippen molar-refractivity contribution in [2.75, 3.05) is 5.32 Å². The van der Waals surface area contributed by atoms with Crippen LogP contribution < -0.4 is 5.32 Å². The summed E-state index contributed by atoms with van der Waals surface area (Å²) in [6, 6.07) is 26.1. The lowest BCUT2D eigenvalue weighted by Gasteiger charge is -2.27. The van der Waals surface area contributed by atoms with E-state index in [1.54, 1.807) is 24.3 Å². The Hall–Kier alpha value is -3.40. The molecule has 0 saturated heterocycles. The largest absolute Gasteiger partial charge is 0.332 e. The summed E-state index contributed by atoms with van der Waals surface area (Å²) in [5.74, 6) is -0.246. The summed E-state index contributed by atoms with van der Waals surface area (Å²) in [4.78, 5) is 27.2. The third-order valence-corrected chi connectivity index (χ3v) is 4.51. The third-order valence-electron chi connectivity index (χ3n) is 4.51. The highest BCUT2D eigenvalue weighted by Crippen LogP contribution is 2.15. The van der Waals surface area contributed by atoms with Gasteiger partial charge in [0.25, 0.3) is 11.8 Å². The Morgan fingerprint density at radius 3 is 1.89 bits per heavy atom. The first-order chi connectivity index (χ1) is 13.5. The molecule has 4 nitrogen and oxygen atoms in total. The lowest BCUT2D eigenvalue weighted by Crippen LogP contribution is -2.36. The molecular weight excluding hydrogens is 348 g/mol. The number of carbonyl (C=O) groups is 2. The summed E-state index contributed by atoms with van der Waals surface area (Å²) in [5.41, 5.74) is 2.91.